The minimum absolute atomic E-state index is 0.0405. The van der Waals surface area contributed by atoms with Gasteiger partial charge >= 0.3 is 12.1 Å². The summed E-state index contributed by atoms with van der Waals surface area (Å²) < 4.78 is 44.8. The van der Waals surface area contributed by atoms with Crippen LogP contribution in [0.2, 0.25) is 0 Å². The molecule has 0 saturated heterocycles. The molecule has 26 heavy (non-hydrogen) atoms. The monoisotopic (exact) mass is 368 g/mol. The molecule has 0 aliphatic rings. The van der Waals surface area contributed by atoms with Crippen molar-refractivity contribution in [1.82, 2.24) is 4.57 Å². The van der Waals surface area contributed by atoms with E-state index in [9.17, 15) is 27.6 Å². The van der Waals surface area contributed by atoms with Crippen LogP contribution in [0.25, 0.3) is 0 Å². The van der Waals surface area contributed by atoms with Crippen molar-refractivity contribution in [3.8, 4) is 0 Å². The Kier molecular flexibility index (Phi) is 5.49. The largest absolute Gasteiger partial charge is 0.451 e. The fraction of sp³-hybridized carbons (Fsp3) is 0.235. The Morgan fingerprint density at radius 3 is 2.42 bits per heavy atom. The van der Waals surface area contributed by atoms with Crippen LogP contribution in [-0.4, -0.2) is 28.8 Å². The van der Waals surface area contributed by atoms with Crippen LogP contribution in [0.15, 0.2) is 36.5 Å². The second-order valence-corrected chi connectivity index (χ2v) is 5.45. The van der Waals surface area contributed by atoms with Crippen molar-refractivity contribution in [1.29, 1.82) is 0 Å². The summed E-state index contributed by atoms with van der Waals surface area (Å²) >= 11 is 0. The van der Waals surface area contributed by atoms with Crippen molar-refractivity contribution in [2.24, 2.45) is 7.05 Å². The van der Waals surface area contributed by atoms with Gasteiger partial charge in [0.25, 0.3) is 5.91 Å². The number of hydrogen-bond acceptors (Lipinski definition) is 4. The zero-order chi connectivity index (χ0) is 19.5. The second-order valence-electron chi connectivity index (χ2n) is 5.45. The molecule has 6 nitrogen and oxygen atoms in total. The summed E-state index contributed by atoms with van der Waals surface area (Å²) in [4.78, 5) is 35.1. The third-order valence-electron chi connectivity index (χ3n) is 3.46. The van der Waals surface area contributed by atoms with Gasteiger partial charge in [0.05, 0.1) is 11.3 Å². The maximum Gasteiger partial charge on any atom is 0.418 e. The SMILES string of the molecule is CC(=O)c1cc(C(=O)OCC(=O)Nc2ccccc2C(F)(F)F)n(C)c1. The van der Waals surface area contributed by atoms with E-state index < -0.39 is 35.9 Å². The highest BCUT2D eigenvalue weighted by molar-refractivity contribution is 5.99. The number of aryl methyl sites for hydroxylation is 1. The average Bonchev–Trinajstić information content (AvgIpc) is 2.94. The molecule has 9 heteroatoms. The molecule has 0 fully saturated rings. The van der Waals surface area contributed by atoms with E-state index in [-0.39, 0.29) is 11.5 Å². The van der Waals surface area contributed by atoms with E-state index in [1.807, 2.05) is 0 Å². The Balaban J connectivity index is 2.02. The van der Waals surface area contributed by atoms with Crippen molar-refractivity contribution in [3.05, 3.63) is 53.3 Å². The van der Waals surface area contributed by atoms with Gasteiger partial charge in [0.15, 0.2) is 12.4 Å². The van der Waals surface area contributed by atoms with Crippen LogP contribution < -0.4 is 5.32 Å². The van der Waals surface area contributed by atoms with Gasteiger partial charge in [-0.25, -0.2) is 4.79 Å². The van der Waals surface area contributed by atoms with Crippen LogP contribution in [-0.2, 0) is 22.8 Å². The van der Waals surface area contributed by atoms with Gasteiger partial charge < -0.3 is 14.6 Å². The number of anilines is 1. The molecular formula is C17H15F3N2O4. The summed E-state index contributed by atoms with van der Waals surface area (Å²) in [6.07, 6.45) is -3.20. The number of alkyl halides is 3. The normalized spacial score (nSPS) is 11.1. The highest BCUT2D eigenvalue weighted by Gasteiger charge is 2.33. The van der Waals surface area contributed by atoms with Gasteiger partial charge in [-0.05, 0) is 25.1 Å². The highest BCUT2D eigenvalue weighted by atomic mass is 19.4. The number of carbonyl (C=O) groups is 3. The number of nitrogens with one attached hydrogen (secondary N) is 1. The lowest BCUT2D eigenvalue weighted by Crippen LogP contribution is -2.23. The molecule has 0 bridgehead atoms. The standard InChI is InChI=1S/C17H15F3N2O4/c1-10(23)11-7-14(22(2)8-11)16(25)26-9-15(24)21-13-6-4-3-5-12(13)17(18,19)20/h3-8H,9H2,1-2H3,(H,21,24). The minimum atomic E-state index is -4.63. The smallest absolute Gasteiger partial charge is 0.418 e. The summed E-state index contributed by atoms with van der Waals surface area (Å²) in [7, 11) is 1.52. The first kappa shape index (κ1) is 19.2. The first-order chi connectivity index (χ1) is 12.1. The van der Waals surface area contributed by atoms with E-state index in [2.05, 4.69) is 5.32 Å². The van der Waals surface area contributed by atoms with Crippen LogP contribution in [0.1, 0.15) is 33.3 Å². The molecular weight excluding hydrogens is 353 g/mol. The van der Waals surface area contributed by atoms with Gasteiger partial charge in [-0.15, -0.1) is 0 Å². The number of esters is 1. The number of ether oxygens (including phenoxy) is 1. The number of carbonyl (C=O) groups excluding carboxylic acids is 3. The van der Waals surface area contributed by atoms with E-state index in [4.69, 9.17) is 4.74 Å². The van der Waals surface area contributed by atoms with Gasteiger partial charge in [-0.2, -0.15) is 13.2 Å². The van der Waals surface area contributed by atoms with Crippen LogP contribution in [0.3, 0.4) is 0 Å². The Bertz CT molecular complexity index is 856. The molecule has 0 spiro atoms. The second kappa shape index (κ2) is 7.42. The maximum absolute atomic E-state index is 12.9. The number of para-hydroxylation sites is 1. The number of rotatable bonds is 5. The van der Waals surface area contributed by atoms with E-state index in [0.717, 1.165) is 12.1 Å². The summed E-state index contributed by atoms with van der Waals surface area (Å²) in [6, 6.07) is 5.76. The molecule has 0 unspecified atom stereocenters. The lowest BCUT2D eigenvalue weighted by atomic mass is 10.1. The molecule has 1 heterocycles. The fourth-order valence-electron chi connectivity index (χ4n) is 2.19. The van der Waals surface area contributed by atoms with E-state index in [1.54, 1.807) is 0 Å². The topological polar surface area (TPSA) is 77.4 Å². The van der Waals surface area contributed by atoms with Crippen LogP contribution >= 0.6 is 0 Å². The van der Waals surface area contributed by atoms with Gasteiger partial charge in [-0.1, -0.05) is 12.1 Å². The van der Waals surface area contributed by atoms with E-state index >= 15 is 0 Å². The predicted molar refractivity (Wildman–Crippen MR) is 85.8 cm³/mol. The molecule has 1 N–H and O–H groups in total. The van der Waals surface area contributed by atoms with Crippen molar-refractivity contribution < 1.29 is 32.3 Å². The molecule has 0 aliphatic heterocycles. The number of aromatic nitrogens is 1. The molecule has 2 aromatic rings. The number of hydrogen-bond donors (Lipinski definition) is 1. The summed E-state index contributed by atoms with van der Waals surface area (Å²) in [6.45, 7) is 0.557. The Morgan fingerprint density at radius 1 is 1.19 bits per heavy atom. The van der Waals surface area contributed by atoms with E-state index in [0.29, 0.717) is 5.56 Å². The summed E-state index contributed by atoms with van der Waals surface area (Å²) in [5.41, 5.74) is -1.10. The molecule has 1 amide bonds. The fourth-order valence-corrected chi connectivity index (χ4v) is 2.19. The minimum Gasteiger partial charge on any atom is -0.451 e. The van der Waals surface area contributed by atoms with Gasteiger partial charge in [0, 0.05) is 18.8 Å². The lowest BCUT2D eigenvalue weighted by molar-refractivity contribution is -0.137. The molecule has 1 aromatic carbocycles. The summed E-state index contributed by atoms with van der Waals surface area (Å²) in [5, 5.41) is 2.06. The van der Waals surface area contributed by atoms with Crippen molar-refractivity contribution >= 4 is 23.3 Å². The number of amides is 1. The molecule has 0 radical (unpaired) electrons. The zero-order valence-corrected chi connectivity index (χ0v) is 13.9. The van der Waals surface area contributed by atoms with Crippen LogP contribution in [0, 0.1) is 0 Å². The highest BCUT2D eigenvalue weighted by Crippen LogP contribution is 2.34. The maximum atomic E-state index is 12.9. The third kappa shape index (κ3) is 4.50. The molecule has 0 saturated carbocycles. The molecule has 2 rings (SSSR count). The molecule has 0 atom stereocenters. The Hall–Kier alpha value is -3.10. The van der Waals surface area contributed by atoms with Crippen molar-refractivity contribution in [2.75, 3.05) is 11.9 Å². The lowest BCUT2D eigenvalue weighted by Gasteiger charge is -2.13. The third-order valence-corrected chi connectivity index (χ3v) is 3.46. The van der Waals surface area contributed by atoms with E-state index in [1.165, 1.54) is 42.9 Å². The first-order valence-corrected chi connectivity index (χ1v) is 7.40. The molecule has 138 valence electrons. The van der Waals surface area contributed by atoms with Crippen LogP contribution in [0.5, 0.6) is 0 Å². The van der Waals surface area contributed by atoms with Crippen molar-refractivity contribution in [2.45, 2.75) is 13.1 Å². The first-order valence-electron chi connectivity index (χ1n) is 7.40. The quantitative estimate of drug-likeness (QED) is 0.650. The number of halogens is 3. The molecule has 1 aromatic heterocycles. The van der Waals surface area contributed by atoms with Gasteiger partial charge in [0.1, 0.15) is 5.69 Å². The number of Topliss-reactive ketones (excluding diaryl/α,β-unsaturated/α-hetero) is 1. The summed E-state index contributed by atoms with van der Waals surface area (Å²) in [5.74, 6) is -2.04. The predicted octanol–water partition coefficient (Wildman–Crippen LogP) is 3.04. The number of benzene rings is 1. The van der Waals surface area contributed by atoms with Gasteiger partial charge in [-0.3, -0.25) is 9.59 Å². The number of ketones is 1. The zero-order valence-electron chi connectivity index (χ0n) is 13.9. The molecule has 0 aliphatic carbocycles. The van der Waals surface area contributed by atoms with Crippen molar-refractivity contribution in [3.63, 3.8) is 0 Å². The number of nitrogens with zero attached hydrogens (tertiary/aromatic N) is 1. The van der Waals surface area contributed by atoms with Crippen LogP contribution in [0.4, 0.5) is 18.9 Å². The Labute approximate surface area is 146 Å². The average molecular weight is 368 g/mol. The Morgan fingerprint density at radius 2 is 1.85 bits per heavy atom. The van der Waals surface area contributed by atoms with Gasteiger partial charge in [0.2, 0.25) is 0 Å².